The van der Waals surface area contributed by atoms with E-state index in [4.69, 9.17) is 0 Å². The van der Waals surface area contributed by atoms with Crippen molar-refractivity contribution in [2.45, 2.75) is 32.7 Å². The van der Waals surface area contributed by atoms with Crippen LogP contribution in [0.3, 0.4) is 0 Å². The molecule has 2 rings (SSSR count). The maximum atomic E-state index is 12.4. The number of carbonyl (C=O) groups is 1. The van der Waals surface area contributed by atoms with Crippen LogP contribution in [-0.4, -0.2) is 60.8 Å². The maximum absolute atomic E-state index is 12.4. The first-order valence-corrected chi connectivity index (χ1v) is 8.41. The fourth-order valence-corrected chi connectivity index (χ4v) is 2.84. The molecule has 1 aromatic carbocycles. The van der Waals surface area contributed by atoms with E-state index in [-0.39, 0.29) is 17.7 Å². The average Bonchev–Trinajstić information content (AvgIpc) is 2.55. The van der Waals surface area contributed by atoms with Crippen molar-refractivity contribution in [3.63, 3.8) is 0 Å². The lowest BCUT2D eigenvalue weighted by Crippen LogP contribution is -2.52. The highest BCUT2D eigenvalue weighted by molar-refractivity contribution is 5.94. The molecule has 0 spiro atoms. The zero-order chi connectivity index (χ0) is 18.4. The van der Waals surface area contributed by atoms with Gasteiger partial charge in [-0.2, -0.15) is 0 Å². The Morgan fingerprint density at radius 1 is 1.20 bits per heavy atom. The van der Waals surface area contributed by atoms with E-state index < -0.39 is 6.36 Å². The predicted octanol–water partition coefficient (Wildman–Crippen LogP) is 2.94. The van der Waals surface area contributed by atoms with Gasteiger partial charge in [0.2, 0.25) is 5.91 Å². The number of benzene rings is 1. The van der Waals surface area contributed by atoms with Gasteiger partial charge in [0.15, 0.2) is 0 Å². The number of alkyl halides is 3. The SMILES string of the molecule is CCCN1CCN([C@@H](C)C(=O)Nc2ccc(OC(F)(F)F)cc2)CC1. The van der Waals surface area contributed by atoms with Gasteiger partial charge in [-0.05, 0) is 44.2 Å². The number of anilines is 1. The largest absolute Gasteiger partial charge is 0.573 e. The molecule has 1 saturated heterocycles. The number of carbonyl (C=O) groups excluding carboxylic acids is 1. The van der Waals surface area contributed by atoms with Crippen LogP contribution in [0.15, 0.2) is 24.3 Å². The van der Waals surface area contributed by atoms with Gasteiger partial charge in [-0.3, -0.25) is 9.69 Å². The molecular weight excluding hydrogens is 335 g/mol. The molecule has 0 radical (unpaired) electrons. The first-order valence-electron chi connectivity index (χ1n) is 8.41. The molecule has 0 bridgehead atoms. The van der Waals surface area contributed by atoms with Crippen LogP contribution in [0.25, 0.3) is 0 Å². The quantitative estimate of drug-likeness (QED) is 0.848. The van der Waals surface area contributed by atoms with Crippen LogP contribution in [0.4, 0.5) is 18.9 Å². The molecule has 25 heavy (non-hydrogen) atoms. The summed E-state index contributed by atoms with van der Waals surface area (Å²) in [6.45, 7) is 8.59. The molecule has 0 unspecified atom stereocenters. The first kappa shape index (κ1) is 19.5. The minimum absolute atomic E-state index is 0.173. The monoisotopic (exact) mass is 359 g/mol. The summed E-state index contributed by atoms with van der Waals surface area (Å²) >= 11 is 0. The summed E-state index contributed by atoms with van der Waals surface area (Å²) in [4.78, 5) is 16.8. The topological polar surface area (TPSA) is 44.8 Å². The Bertz CT molecular complexity index is 555. The van der Waals surface area contributed by atoms with Gasteiger partial charge in [0, 0.05) is 31.9 Å². The zero-order valence-corrected chi connectivity index (χ0v) is 14.5. The molecular formula is C17H24F3N3O2. The van der Waals surface area contributed by atoms with Crippen molar-refractivity contribution >= 4 is 11.6 Å². The summed E-state index contributed by atoms with van der Waals surface area (Å²) in [6, 6.07) is 4.85. The average molecular weight is 359 g/mol. The van der Waals surface area contributed by atoms with E-state index in [0.717, 1.165) is 39.1 Å². The van der Waals surface area contributed by atoms with Crippen molar-refractivity contribution in [1.29, 1.82) is 0 Å². The molecule has 0 aromatic heterocycles. The van der Waals surface area contributed by atoms with Crippen LogP contribution in [0.1, 0.15) is 20.3 Å². The fourth-order valence-electron chi connectivity index (χ4n) is 2.84. The van der Waals surface area contributed by atoms with E-state index in [1.807, 2.05) is 6.92 Å². The highest BCUT2D eigenvalue weighted by atomic mass is 19.4. The van der Waals surface area contributed by atoms with Gasteiger partial charge in [0.25, 0.3) is 0 Å². The van der Waals surface area contributed by atoms with E-state index in [9.17, 15) is 18.0 Å². The van der Waals surface area contributed by atoms with Gasteiger partial charge in [-0.25, -0.2) is 0 Å². The summed E-state index contributed by atoms with van der Waals surface area (Å²) in [5.41, 5.74) is 0.441. The summed E-state index contributed by atoms with van der Waals surface area (Å²) in [5.74, 6) is -0.487. The second kappa shape index (κ2) is 8.53. The Balaban J connectivity index is 1.85. The number of hydrogen-bond donors (Lipinski definition) is 1. The Kier molecular flexibility index (Phi) is 6.66. The van der Waals surface area contributed by atoms with Crippen molar-refractivity contribution in [2.24, 2.45) is 0 Å². The second-order valence-corrected chi connectivity index (χ2v) is 6.12. The number of nitrogens with one attached hydrogen (secondary N) is 1. The molecule has 8 heteroatoms. The van der Waals surface area contributed by atoms with Gasteiger partial charge in [-0.15, -0.1) is 13.2 Å². The molecule has 1 aromatic rings. The molecule has 1 atom stereocenters. The van der Waals surface area contributed by atoms with Crippen molar-refractivity contribution in [1.82, 2.24) is 9.80 Å². The minimum atomic E-state index is -4.72. The molecule has 1 N–H and O–H groups in total. The smallest absolute Gasteiger partial charge is 0.406 e. The Labute approximate surface area is 145 Å². The van der Waals surface area contributed by atoms with E-state index in [1.165, 1.54) is 24.3 Å². The van der Waals surface area contributed by atoms with Crippen LogP contribution in [0.5, 0.6) is 5.75 Å². The Hall–Kier alpha value is -1.80. The summed E-state index contributed by atoms with van der Waals surface area (Å²) in [6.07, 6.45) is -3.61. The van der Waals surface area contributed by atoms with Gasteiger partial charge in [0.1, 0.15) is 5.75 Å². The van der Waals surface area contributed by atoms with Crippen molar-refractivity contribution in [2.75, 3.05) is 38.0 Å². The number of hydrogen-bond acceptors (Lipinski definition) is 4. The van der Waals surface area contributed by atoms with Gasteiger partial charge in [0.05, 0.1) is 6.04 Å². The molecule has 1 aliphatic heterocycles. The third-order valence-electron chi connectivity index (χ3n) is 4.23. The van der Waals surface area contributed by atoms with Gasteiger partial charge < -0.3 is 15.0 Å². The van der Waals surface area contributed by atoms with Crippen molar-refractivity contribution in [3.05, 3.63) is 24.3 Å². The third kappa shape index (κ3) is 6.21. The first-order chi connectivity index (χ1) is 11.8. The molecule has 0 aliphatic carbocycles. The number of amides is 1. The molecule has 0 saturated carbocycles. The van der Waals surface area contributed by atoms with Crippen molar-refractivity contribution in [3.8, 4) is 5.75 Å². The Morgan fingerprint density at radius 2 is 1.80 bits per heavy atom. The molecule has 1 heterocycles. The standard InChI is InChI=1S/C17H24F3N3O2/c1-3-8-22-9-11-23(12-10-22)13(2)16(24)21-14-4-6-15(7-5-14)25-17(18,19)20/h4-7,13H,3,8-12H2,1-2H3,(H,21,24)/t13-/m0/s1. The highest BCUT2D eigenvalue weighted by Crippen LogP contribution is 2.24. The van der Waals surface area contributed by atoms with Crippen LogP contribution >= 0.6 is 0 Å². The van der Waals surface area contributed by atoms with E-state index in [1.54, 1.807) is 0 Å². The lowest BCUT2D eigenvalue weighted by atomic mass is 10.2. The lowest BCUT2D eigenvalue weighted by Gasteiger charge is -2.37. The fraction of sp³-hybridized carbons (Fsp3) is 0.588. The molecule has 5 nitrogen and oxygen atoms in total. The van der Waals surface area contributed by atoms with E-state index in [0.29, 0.717) is 5.69 Å². The molecule has 1 fully saturated rings. The number of ether oxygens (including phenoxy) is 1. The van der Waals surface area contributed by atoms with Gasteiger partial charge >= 0.3 is 6.36 Å². The van der Waals surface area contributed by atoms with Crippen LogP contribution in [0, 0.1) is 0 Å². The summed E-state index contributed by atoms with van der Waals surface area (Å²) < 4.78 is 40.2. The van der Waals surface area contributed by atoms with Gasteiger partial charge in [-0.1, -0.05) is 6.92 Å². The van der Waals surface area contributed by atoms with E-state index in [2.05, 4.69) is 26.8 Å². The van der Waals surface area contributed by atoms with Crippen LogP contribution < -0.4 is 10.1 Å². The lowest BCUT2D eigenvalue weighted by molar-refractivity contribution is -0.274. The minimum Gasteiger partial charge on any atom is -0.406 e. The summed E-state index contributed by atoms with van der Waals surface area (Å²) in [7, 11) is 0. The number of halogens is 3. The van der Waals surface area contributed by atoms with E-state index >= 15 is 0 Å². The molecule has 1 amide bonds. The van der Waals surface area contributed by atoms with Crippen LogP contribution in [0.2, 0.25) is 0 Å². The maximum Gasteiger partial charge on any atom is 0.573 e. The van der Waals surface area contributed by atoms with Crippen LogP contribution in [-0.2, 0) is 4.79 Å². The summed E-state index contributed by atoms with van der Waals surface area (Å²) in [5, 5.41) is 2.73. The van der Waals surface area contributed by atoms with Crippen molar-refractivity contribution < 1.29 is 22.7 Å². The molecule has 140 valence electrons. The zero-order valence-electron chi connectivity index (χ0n) is 14.5. The highest BCUT2D eigenvalue weighted by Gasteiger charge is 2.31. The molecule has 1 aliphatic rings. The number of piperazine rings is 1. The Morgan fingerprint density at radius 3 is 2.32 bits per heavy atom. The number of rotatable bonds is 6. The normalized spacial score (nSPS) is 18.0. The third-order valence-corrected chi connectivity index (χ3v) is 4.23. The second-order valence-electron chi connectivity index (χ2n) is 6.12. The number of nitrogens with zero attached hydrogens (tertiary/aromatic N) is 2. The predicted molar refractivity (Wildman–Crippen MR) is 89.5 cm³/mol.